The number of halogens is 3. The standard InChI is InChI=1S/C19H21F3N6O/c20-19(21,22)13-2-1-3-14(8-13)26-18-17-12(4-7-28(17)25-11-24-18)9-27-6-5-15(23)16(29)10-27/h1-4,7-8,11,15-16,29H,5-6,9-10,23H2,(H,24,25,26)/t15-,16-/m1/s1. The van der Waals surface area contributed by atoms with Gasteiger partial charge in [-0.05, 0) is 36.2 Å². The summed E-state index contributed by atoms with van der Waals surface area (Å²) in [5.74, 6) is 0.411. The second-order valence-electron chi connectivity index (χ2n) is 7.20. The van der Waals surface area contributed by atoms with Crippen LogP contribution in [0.4, 0.5) is 24.7 Å². The van der Waals surface area contributed by atoms with E-state index in [0.717, 1.165) is 24.2 Å². The third-order valence-corrected chi connectivity index (χ3v) is 5.10. The lowest BCUT2D eigenvalue weighted by molar-refractivity contribution is -0.137. The lowest BCUT2D eigenvalue weighted by atomic mass is 10.0. The van der Waals surface area contributed by atoms with Crippen molar-refractivity contribution in [2.75, 3.05) is 18.4 Å². The van der Waals surface area contributed by atoms with Crippen molar-refractivity contribution in [1.82, 2.24) is 19.5 Å². The SMILES string of the molecule is N[C@@H]1CCN(Cc2ccn3ncnc(Nc4cccc(C(F)(F)F)c4)c23)C[C@H]1O. The predicted octanol–water partition coefficient (Wildman–Crippen LogP) is 2.39. The molecule has 3 heterocycles. The molecule has 0 unspecified atom stereocenters. The highest BCUT2D eigenvalue weighted by molar-refractivity contribution is 5.76. The normalized spacial score (nSPS) is 20.9. The van der Waals surface area contributed by atoms with Crippen molar-refractivity contribution in [1.29, 1.82) is 0 Å². The lowest BCUT2D eigenvalue weighted by Gasteiger charge is -2.33. The smallest absolute Gasteiger partial charge is 0.390 e. The van der Waals surface area contributed by atoms with E-state index < -0.39 is 17.8 Å². The van der Waals surface area contributed by atoms with Crippen LogP contribution in [-0.4, -0.2) is 49.8 Å². The molecular weight excluding hydrogens is 385 g/mol. The Labute approximate surface area is 165 Å². The van der Waals surface area contributed by atoms with E-state index in [4.69, 9.17) is 5.73 Å². The summed E-state index contributed by atoms with van der Waals surface area (Å²) in [6, 6.07) is 6.64. The maximum atomic E-state index is 13.0. The molecular formula is C19H21F3N6O. The molecule has 2 aromatic heterocycles. The molecule has 1 saturated heterocycles. The molecule has 0 spiro atoms. The minimum atomic E-state index is -4.42. The number of piperidine rings is 1. The first-order chi connectivity index (χ1) is 13.8. The third-order valence-electron chi connectivity index (χ3n) is 5.10. The van der Waals surface area contributed by atoms with Crippen molar-refractivity contribution in [3.05, 3.63) is 54.0 Å². The fourth-order valence-corrected chi connectivity index (χ4v) is 3.55. The van der Waals surface area contributed by atoms with Crippen LogP contribution in [0.2, 0.25) is 0 Å². The monoisotopic (exact) mass is 406 g/mol. The molecule has 1 fully saturated rings. The van der Waals surface area contributed by atoms with E-state index in [-0.39, 0.29) is 11.7 Å². The number of aliphatic hydroxyl groups is 1. The molecule has 4 N–H and O–H groups in total. The molecule has 154 valence electrons. The second-order valence-corrected chi connectivity index (χ2v) is 7.20. The number of β-amino-alcohol motifs (C(OH)–C–C–N with tert-alkyl or cyclic N) is 1. The molecule has 0 saturated carbocycles. The molecule has 2 atom stereocenters. The van der Waals surface area contributed by atoms with Crippen LogP contribution in [0.5, 0.6) is 0 Å². The van der Waals surface area contributed by atoms with Crippen molar-refractivity contribution < 1.29 is 18.3 Å². The highest BCUT2D eigenvalue weighted by atomic mass is 19.4. The minimum Gasteiger partial charge on any atom is -0.390 e. The quantitative estimate of drug-likeness (QED) is 0.616. The van der Waals surface area contributed by atoms with E-state index in [1.807, 2.05) is 6.07 Å². The Bertz CT molecular complexity index is 1010. The zero-order chi connectivity index (χ0) is 20.6. The first-order valence-corrected chi connectivity index (χ1v) is 9.23. The Morgan fingerprint density at radius 2 is 2.10 bits per heavy atom. The van der Waals surface area contributed by atoms with Crippen molar-refractivity contribution in [3.8, 4) is 0 Å². The highest BCUT2D eigenvalue weighted by Crippen LogP contribution is 2.32. The number of anilines is 2. The Hall–Kier alpha value is -2.69. The molecule has 1 aliphatic rings. The minimum absolute atomic E-state index is 0.224. The van der Waals surface area contributed by atoms with Gasteiger partial charge in [-0.2, -0.15) is 18.3 Å². The van der Waals surface area contributed by atoms with Crippen LogP contribution in [0.3, 0.4) is 0 Å². The Kier molecular flexibility index (Phi) is 5.15. The summed E-state index contributed by atoms with van der Waals surface area (Å²) in [6.07, 6.45) is -1.20. The van der Waals surface area contributed by atoms with Gasteiger partial charge in [0, 0.05) is 37.6 Å². The first-order valence-electron chi connectivity index (χ1n) is 9.23. The summed E-state index contributed by atoms with van der Waals surface area (Å²) in [6.45, 7) is 1.76. The van der Waals surface area contributed by atoms with Gasteiger partial charge < -0.3 is 16.2 Å². The summed E-state index contributed by atoms with van der Waals surface area (Å²) >= 11 is 0. The number of nitrogens with one attached hydrogen (secondary N) is 1. The van der Waals surface area contributed by atoms with Crippen molar-refractivity contribution >= 4 is 17.0 Å². The van der Waals surface area contributed by atoms with Gasteiger partial charge in [-0.3, -0.25) is 4.90 Å². The van der Waals surface area contributed by atoms with Crippen molar-refractivity contribution in [2.45, 2.75) is 31.3 Å². The number of benzene rings is 1. The van der Waals surface area contributed by atoms with E-state index in [2.05, 4.69) is 20.3 Å². The number of aliphatic hydroxyl groups excluding tert-OH is 1. The topological polar surface area (TPSA) is 91.7 Å². The molecule has 0 amide bonds. The van der Waals surface area contributed by atoms with Crippen LogP contribution in [0.15, 0.2) is 42.9 Å². The largest absolute Gasteiger partial charge is 0.416 e. The van der Waals surface area contributed by atoms with E-state index in [1.54, 1.807) is 16.8 Å². The Morgan fingerprint density at radius 3 is 2.86 bits per heavy atom. The number of likely N-dealkylation sites (tertiary alicyclic amines) is 1. The number of aromatic nitrogens is 3. The van der Waals surface area contributed by atoms with Gasteiger partial charge in [0.2, 0.25) is 0 Å². The van der Waals surface area contributed by atoms with Gasteiger partial charge in [0.1, 0.15) is 11.8 Å². The molecule has 4 rings (SSSR count). The van der Waals surface area contributed by atoms with Crippen LogP contribution < -0.4 is 11.1 Å². The van der Waals surface area contributed by atoms with Crippen molar-refractivity contribution in [3.63, 3.8) is 0 Å². The van der Waals surface area contributed by atoms with Gasteiger partial charge >= 0.3 is 6.18 Å². The van der Waals surface area contributed by atoms with E-state index in [0.29, 0.717) is 30.8 Å². The van der Waals surface area contributed by atoms with Gasteiger partial charge in [-0.15, -0.1) is 0 Å². The average Bonchev–Trinajstić information content (AvgIpc) is 3.08. The van der Waals surface area contributed by atoms with E-state index in [9.17, 15) is 18.3 Å². The lowest BCUT2D eigenvalue weighted by Crippen LogP contribution is -2.50. The molecule has 0 aliphatic carbocycles. The molecule has 0 radical (unpaired) electrons. The van der Waals surface area contributed by atoms with Crippen molar-refractivity contribution in [2.24, 2.45) is 5.73 Å². The number of hydrogen-bond donors (Lipinski definition) is 3. The predicted molar refractivity (Wildman–Crippen MR) is 102 cm³/mol. The Morgan fingerprint density at radius 1 is 1.28 bits per heavy atom. The molecule has 29 heavy (non-hydrogen) atoms. The second kappa shape index (κ2) is 7.62. The number of hydrogen-bond acceptors (Lipinski definition) is 6. The summed E-state index contributed by atoms with van der Waals surface area (Å²) in [5, 5.41) is 17.2. The highest BCUT2D eigenvalue weighted by Gasteiger charge is 2.30. The van der Waals surface area contributed by atoms with Crippen LogP contribution >= 0.6 is 0 Å². The van der Waals surface area contributed by atoms with Crippen LogP contribution in [0.25, 0.3) is 5.52 Å². The molecule has 0 bridgehead atoms. The van der Waals surface area contributed by atoms with Crippen LogP contribution in [0, 0.1) is 0 Å². The summed E-state index contributed by atoms with van der Waals surface area (Å²) in [5.41, 5.74) is 7.00. The third kappa shape index (κ3) is 4.19. The molecule has 3 aromatic rings. The number of rotatable bonds is 4. The van der Waals surface area contributed by atoms with E-state index >= 15 is 0 Å². The van der Waals surface area contributed by atoms with Gasteiger partial charge in [-0.25, -0.2) is 9.50 Å². The number of fused-ring (bicyclic) bond motifs is 1. The van der Waals surface area contributed by atoms with E-state index in [1.165, 1.54) is 12.4 Å². The fourth-order valence-electron chi connectivity index (χ4n) is 3.55. The maximum absolute atomic E-state index is 13.0. The van der Waals surface area contributed by atoms with Gasteiger partial charge in [-0.1, -0.05) is 6.07 Å². The fraction of sp³-hybridized carbons (Fsp3) is 0.368. The van der Waals surface area contributed by atoms with Gasteiger partial charge in [0.05, 0.1) is 11.7 Å². The molecule has 1 aromatic carbocycles. The zero-order valence-electron chi connectivity index (χ0n) is 15.5. The van der Waals surface area contributed by atoms with Gasteiger partial charge in [0.15, 0.2) is 5.82 Å². The summed E-state index contributed by atoms with van der Waals surface area (Å²) in [4.78, 5) is 6.32. The summed E-state index contributed by atoms with van der Waals surface area (Å²) < 4.78 is 40.6. The average molecular weight is 406 g/mol. The van der Waals surface area contributed by atoms with Crippen LogP contribution in [-0.2, 0) is 12.7 Å². The number of alkyl halides is 3. The van der Waals surface area contributed by atoms with Crippen LogP contribution in [0.1, 0.15) is 17.5 Å². The first kappa shape index (κ1) is 19.6. The zero-order valence-corrected chi connectivity index (χ0v) is 15.5. The van der Waals surface area contributed by atoms with Gasteiger partial charge in [0.25, 0.3) is 0 Å². The number of nitrogens with zero attached hydrogens (tertiary/aromatic N) is 4. The molecule has 7 nitrogen and oxygen atoms in total. The Balaban J connectivity index is 1.62. The molecule has 10 heteroatoms. The number of nitrogens with two attached hydrogens (primary N) is 1. The maximum Gasteiger partial charge on any atom is 0.416 e. The molecule has 1 aliphatic heterocycles. The summed E-state index contributed by atoms with van der Waals surface area (Å²) in [7, 11) is 0.